The van der Waals surface area contributed by atoms with Gasteiger partial charge in [0.1, 0.15) is 0 Å². The van der Waals surface area contributed by atoms with Crippen LogP contribution < -0.4 is 0 Å². The van der Waals surface area contributed by atoms with E-state index in [1.165, 1.54) is 0 Å². The third-order valence-electron chi connectivity index (χ3n) is 3.22. The summed E-state index contributed by atoms with van der Waals surface area (Å²) in [4.78, 5) is 40.8. The highest BCUT2D eigenvalue weighted by Crippen LogP contribution is 2.30. The Bertz CT molecular complexity index is 700. The molecule has 100 valence electrons. The molecule has 0 aliphatic carbocycles. The highest BCUT2D eigenvalue weighted by molar-refractivity contribution is 6.25. The molecule has 0 fully saturated rings. The van der Waals surface area contributed by atoms with Crippen LogP contribution in [-0.2, 0) is 9.63 Å². The van der Waals surface area contributed by atoms with Crippen LogP contribution in [0.25, 0.3) is 10.8 Å². The molecular weight excluding hydrogens is 258 g/mol. The number of rotatable bonds is 2. The lowest BCUT2D eigenvalue weighted by atomic mass is 9.95. The lowest BCUT2D eigenvalue weighted by Crippen LogP contribution is -2.41. The maximum atomic E-state index is 12.3. The summed E-state index contributed by atoms with van der Waals surface area (Å²) in [5, 5.41) is 1.96. The molecule has 1 aliphatic rings. The second-order valence-corrected chi connectivity index (χ2v) is 4.43. The molecular formula is C15H11NO4. The van der Waals surface area contributed by atoms with E-state index in [0.29, 0.717) is 21.6 Å². The van der Waals surface area contributed by atoms with Crippen LogP contribution in [0.5, 0.6) is 0 Å². The lowest BCUT2D eigenvalue weighted by molar-refractivity contribution is -0.168. The van der Waals surface area contributed by atoms with Crippen LogP contribution in [0, 0.1) is 0 Å². The van der Waals surface area contributed by atoms with Gasteiger partial charge in [0.15, 0.2) is 0 Å². The molecule has 0 saturated heterocycles. The highest BCUT2D eigenvalue weighted by Gasteiger charge is 2.35. The summed E-state index contributed by atoms with van der Waals surface area (Å²) in [6.45, 7) is 1.59. The van der Waals surface area contributed by atoms with Crippen molar-refractivity contribution in [3.8, 4) is 0 Å². The fourth-order valence-corrected chi connectivity index (χ4v) is 2.26. The van der Waals surface area contributed by atoms with E-state index in [1.54, 1.807) is 31.2 Å². The fourth-order valence-electron chi connectivity index (χ4n) is 2.26. The van der Waals surface area contributed by atoms with Crippen LogP contribution in [0.1, 0.15) is 34.1 Å². The van der Waals surface area contributed by atoms with Crippen molar-refractivity contribution in [1.29, 1.82) is 0 Å². The average molecular weight is 269 g/mol. The van der Waals surface area contributed by atoms with E-state index in [0.717, 1.165) is 5.39 Å². The number of nitrogens with zero attached hydrogens (tertiary/aromatic N) is 1. The van der Waals surface area contributed by atoms with E-state index in [2.05, 4.69) is 0 Å². The Morgan fingerprint density at radius 1 is 1.05 bits per heavy atom. The minimum Gasteiger partial charge on any atom is -0.330 e. The predicted molar refractivity (Wildman–Crippen MR) is 70.8 cm³/mol. The van der Waals surface area contributed by atoms with E-state index < -0.39 is 17.8 Å². The third-order valence-corrected chi connectivity index (χ3v) is 3.22. The molecule has 20 heavy (non-hydrogen) atoms. The van der Waals surface area contributed by atoms with Gasteiger partial charge >= 0.3 is 5.97 Å². The zero-order chi connectivity index (χ0) is 14.3. The molecule has 0 atom stereocenters. The Balaban J connectivity index is 2.19. The largest absolute Gasteiger partial charge is 0.332 e. The number of imide groups is 1. The number of amides is 2. The number of hydroxylamine groups is 2. The molecule has 3 rings (SSSR count). The van der Waals surface area contributed by atoms with Gasteiger partial charge in [0.2, 0.25) is 0 Å². The van der Waals surface area contributed by atoms with Crippen LogP contribution in [0.2, 0.25) is 0 Å². The van der Waals surface area contributed by atoms with Gasteiger partial charge in [-0.3, -0.25) is 9.59 Å². The molecule has 0 aromatic heterocycles. The van der Waals surface area contributed by atoms with Crippen molar-refractivity contribution in [2.45, 2.75) is 13.3 Å². The van der Waals surface area contributed by atoms with Crippen molar-refractivity contribution in [2.24, 2.45) is 0 Å². The topological polar surface area (TPSA) is 63.7 Å². The second-order valence-electron chi connectivity index (χ2n) is 4.43. The van der Waals surface area contributed by atoms with Crippen LogP contribution in [0.15, 0.2) is 36.4 Å². The fraction of sp³-hybridized carbons (Fsp3) is 0.133. The standard InChI is InChI=1S/C15H11NO4/c1-2-12(17)20-16-14(18)10-7-3-5-9-6-4-8-11(13(9)10)15(16)19/h3-8H,2H2,1H3. The van der Waals surface area contributed by atoms with Gasteiger partial charge in [-0.25, -0.2) is 4.79 Å². The van der Waals surface area contributed by atoms with Crippen molar-refractivity contribution >= 4 is 28.6 Å². The molecule has 0 radical (unpaired) electrons. The maximum Gasteiger partial charge on any atom is 0.332 e. The molecule has 0 saturated carbocycles. The number of hydrogen-bond acceptors (Lipinski definition) is 4. The number of carbonyl (C=O) groups excluding carboxylic acids is 3. The van der Waals surface area contributed by atoms with Gasteiger partial charge in [-0.1, -0.05) is 36.3 Å². The van der Waals surface area contributed by atoms with Crippen molar-refractivity contribution in [2.75, 3.05) is 0 Å². The number of benzene rings is 2. The summed E-state index contributed by atoms with van der Waals surface area (Å²) >= 11 is 0. The third kappa shape index (κ3) is 1.67. The quantitative estimate of drug-likeness (QED) is 0.785. The Morgan fingerprint density at radius 2 is 1.60 bits per heavy atom. The van der Waals surface area contributed by atoms with Crippen molar-refractivity contribution in [1.82, 2.24) is 5.06 Å². The van der Waals surface area contributed by atoms with Crippen LogP contribution in [-0.4, -0.2) is 22.8 Å². The average Bonchev–Trinajstić information content (AvgIpc) is 2.48. The van der Waals surface area contributed by atoms with E-state index >= 15 is 0 Å². The maximum absolute atomic E-state index is 12.3. The molecule has 5 nitrogen and oxygen atoms in total. The van der Waals surface area contributed by atoms with Crippen LogP contribution in [0.4, 0.5) is 0 Å². The minimum absolute atomic E-state index is 0.0862. The van der Waals surface area contributed by atoms with Gasteiger partial charge in [0.25, 0.3) is 11.8 Å². The van der Waals surface area contributed by atoms with Crippen molar-refractivity contribution < 1.29 is 19.2 Å². The van der Waals surface area contributed by atoms with E-state index in [9.17, 15) is 14.4 Å². The Morgan fingerprint density at radius 3 is 2.10 bits per heavy atom. The summed E-state index contributed by atoms with van der Waals surface area (Å²) in [6, 6.07) is 10.4. The Hall–Kier alpha value is -2.69. The Labute approximate surface area is 114 Å². The number of carbonyl (C=O) groups is 3. The molecule has 0 unspecified atom stereocenters. The lowest BCUT2D eigenvalue weighted by Gasteiger charge is -2.25. The first-order valence-corrected chi connectivity index (χ1v) is 6.24. The van der Waals surface area contributed by atoms with Gasteiger partial charge in [0.05, 0.1) is 11.1 Å². The minimum atomic E-state index is -0.627. The molecule has 2 amide bonds. The zero-order valence-corrected chi connectivity index (χ0v) is 10.8. The molecule has 2 aromatic carbocycles. The summed E-state index contributed by atoms with van der Waals surface area (Å²) in [7, 11) is 0. The zero-order valence-electron chi connectivity index (χ0n) is 10.8. The SMILES string of the molecule is CCC(=O)ON1C(=O)c2cccc3cccc(c23)C1=O. The van der Waals surface area contributed by atoms with E-state index in [1.807, 2.05) is 12.1 Å². The van der Waals surface area contributed by atoms with Crippen LogP contribution in [0.3, 0.4) is 0 Å². The van der Waals surface area contributed by atoms with E-state index in [4.69, 9.17) is 4.84 Å². The first-order valence-electron chi connectivity index (χ1n) is 6.24. The molecule has 1 heterocycles. The van der Waals surface area contributed by atoms with Crippen molar-refractivity contribution in [3.63, 3.8) is 0 Å². The normalized spacial score (nSPS) is 13.8. The molecule has 0 N–H and O–H groups in total. The first kappa shape index (κ1) is 12.3. The monoisotopic (exact) mass is 269 g/mol. The van der Waals surface area contributed by atoms with Gasteiger partial charge < -0.3 is 4.84 Å². The highest BCUT2D eigenvalue weighted by atomic mass is 16.7. The molecule has 1 aliphatic heterocycles. The summed E-state index contributed by atoms with van der Waals surface area (Å²) in [6.07, 6.45) is 0.0862. The summed E-state index contributed by atoms with van der Waals surface area (Å²) in [5.74, 6) is -1.85. The second kappa shape index (κ2) is 4.45. The first-order chi connectivity index (χ1) is 9.63. The van der Waals surface area contributed by atoms with Gasteiger partial charge in [-0.2, -0.15) is 0 Å². The summed E-state index contributed by atoms with van der Waals surface area (Å²) < 4.78 is 0. The molecule has 5 heteroatoms. The molecule has 2 aromatic rings. The summed E-state index contributed by atoms with van der Waals surface area (Å²) in [5.41, 5.74) is 0.725. The molecule has 0 bridgehead atoms. The van der Waals surface area contributed by atoms with E-state index in [-0.39, 0.29) is 6.42 Å². The van der Waals surface area contributed by atoms with Gasteiger partial charge in [-0.05, 0) is 17.5 Å². The predicted octanol–water partition coefficient (Wildman–Crippen LogP) is 2.30. The van der Waals surface area contributed by atoms with Crippen molar-refractivity contribution in [3.05, 3.63) is 47.5 Å². The smallest absolute Gasteiger partial charge is 0.330 e. The van der Waals surface area contributed by atoms with Gasteiger partial charge in [0, 0.05) is 11.8 Å². The Kier molecular flexibility index (Phi) is 2.75. The van der Waals surface area contributed by atoms with Crippen LogP contribution >= 0.6 is 0 Å². The molecule has 0 spiro atoms. The van der Waals surface area contributed by atoms with Gasteiger partial charge in [-0.15, -0.1) is 0 Å². The number of hydrogen-bond donors (Lipinski definition) is 0.